The van der Waals surface area contributed by atoms with Crippen molar-refractivity contribution in [3.05, 3.63) is 45.9 Å². The molecule has 0 unspecified atom stereocenters. The van der Waals surface area contributed by atoms with Crippen LogP contribution in [0.5, 0.6) is 0 Å². The zero-order valence-corrected chi connectivity index (χ0v) is 19.3. The molecule has 0 N–H and O–H groups in total. The minimum atomic E-state index is -4.40. The molecule has 10 heteroatoms. The van der Waals surface area contributed by atoms with Crippen LogP contribution in [0.15, 0.2) is 18.3 Å². The van der Waals surface area contributed by atoms with Crippen LogP contribution in [0.1, 0.15) is 57.5 Å². The molecule has 1 aliphatic heterocycles. The van der Waals surface area contributed by atoms with Crippen LogP contribution in [0.25, 0.3) is 10.2 Å². The number of aryl methyl sites for hydroxylation is 2. The molecule has 0 atom stereocenters. The maximum atomic E-state index is 13.4. The van der Waals surface area contributed by atoms with Gasteiger partial charge in [0.05, 0.1) is 16.1 Å². The highest BCUT2D eigenvalue weighted by Gasteiger charge is 2.32. The summed E-state index contributed by atoms with van der Waals surface area (Å²) in [5.41, 5.74) is 1.08. The second-order valence-electron chi connectivity index (χ2n) is 8.71. The van der Waals surface area contributed by atoms with Gasteiger partial charge in [-0.25, -0.2) is 15.0 Å². The number of aromatic nitrogens is 3. The Labute approximate surface area is 193 Å². The molecule has 0 spiro atoms. The van der Waals surface area contributed by atoms with E-state index in [1.165, 1.54) is 17.4 Å². The molecule has 3 aromatic rings. The van der Waals surface area contributed by atoms with E-state index in [1.54, 1.807) is 0 Å². The summed E-state index contributed by atoms with van der Waals surface area (Å²) in [7, 11) is 0. The number of carbonyl (C=O) groups excluding carboxylic acids is 1. The number of fused-ring (bicyclic) bond motifs is 1. The third kappa shape index (κ3) is 4.28. The van der Waals surface area contributed by atoms with Crippen molar-refractivity contribution in [1.29, 1.82) is 0 Å². The van der Waals surface area contributed by atoms with E-state index in [-0.39, 0.29) is 5.91 Å². The standard InChI is InChI=1S/C23H24F3N5OS/c1-13-18-14(2)28-20(15-4-5-15)29-21(18)33-19(13)22(32)31-9-3-8-30(10-11-31)17-7-6-16(12-27-17)23(24,25)26/h6-7,12,15H,3-5,8-11H2,1-2H3. The topological polar surface area (TPSA) is 62.2 Å². The van der Waals surface area contributed by atoms with Crippen LogP contribution in [0.4, 0.5) is 19.0 Å². The van der Waals surface area contributed by atoms with E-state index in [2.05, 4.69) is 9.97 Å². The SMILES string of the molecule is Cc1nc(C2CC2)nc2sc(C(=O)N3CCCN(c4ccc(C(F)(F)F)cn4)CC3)c(C)c12. The smallest absolute Gasteiger partial charge is 0.355 e. The molecule has 174 valence electrons. The number of halogens is 3. The Balaban J connectivity index is 1.33. The number of thiophene rings is 1. The van der Waals surface area contributed by atoms with Crippen molar-refractivity contribution in [2.45, 2.75) is 45.2 Å². The van der Waals surface area contributed by atoms with E-state index >= 15 is 0 Å². The summed E-state index contributed by atoms with van der Waals surface area (Å²) in [5, 5.41) is 0.971. The normalized spacial score (nSPS) is 17.5. The van der Waals surface area contributed by atoms with Gasteiger partial charge in [0, 0.05) is 43.7 Å². The Hall–Kier alpha value is -2.75. The fourth-order valence-corrected chi connectivity index (χ4v) is 5.53. The summed E-state index contributed by atoms with van der Waals surface area (Å²) in [5.74, 6) is 1.80. The molecule has 0 aromatic carbocycles. The number of alkyl halides is 3. The maximum Gasteiger partial charge on any atom is 0.417 e. The third-order valence-corrected chi connectivity index (χ3v) is 7.48. The quantitative estimate of drug-likeness (QED) is 0.536. The van der Waals surface area contributed by atoms with E-state index in [0.29, 0.717) is 49.2 Å². The lowest BCUT2D eigenvalue weighted by molar-refractivity contribution is -0.137. The molecule has 0 bridgehead atoms. The number of hydrogen-bond acceptors (Lipinski definition) is 6. The van der Waals surface area contributed by atoms with Gasteiger partial charge in [-0.05, 0) is 50.8 Å². The van der Waals surface area contributed by atoms with Gasteiger partial charge < -0.3 is 9.80 Å². The summed E-state index contributed by atoms with van der Waals surface area (Å²) < 4.78 is 38.5. The first-order valence-electron chi connectivity index (χ1n) is 11.1. The van der Waals surface area contributed by atoms with Gasteiger partial charge in [-0.1, -0.05) is 0 Å². The lowest BCUT2D eigenvalue weighted by Gasteiger charge is -2.23. The van der Waals surface area contributed by atoms with E-state index in [0.717, 1.165) is 52.4 Å². The molecule has 6 nitrogen and oxygen atoms in total. The number of anilines is 1. The highest BCUT2D eigenvalue weighted by atomic mass is 32.1. The number of amides is 1. The molecule has 1 aliphatic carbocycles. The summed E-state index contributed by atoms with van der Waals surface area (Å²) in [4.78, 5) is 32.2. The Kier molecular flexibility index (Phi) is 5.50. The number of hydrogen-bond donors (Lipinski definition) is 0. The first-order chi connectivity index (χ1) is 15.7. The molecular weight excluding hydrogens is 451 g/mol. The van der Waals surface area contributed by atoms with Gasteiger partial charge >= 0.3 is 6.18 Å². The second kappa shape index (κ2) is 8.23. The zero-order chi connectivity index (χ0) is 23.3. The fourth-order valence-electron chi connectivity index (χ4n) is 4.32. The predicted molar refractivity (Wildman–Crippen MR) is 121 cm³/mol. The molecule has 1 saturated heterocycles. The molecule has 0 radical (unpaired) electrons. The van der Waals surface area contributed by atoms with Crippen molar-refractivity contribution >= 4 is 33.3 Å². The molecule has 4 heterocycles. The minimum absolute atomic E-state index is 0.0231. The number of nitrogens with zero attached hydrogens (tertiary/aromatic N) is 5. The average Bonchev–Trinajstić information content (AvgIpc) is 3.59. The van der Waals surface area contributed by atoms with Crippen LogP contribution in [-0.2, 0) is 6.18 Å². The molecule has 1 amide bonds. The molecule has 33 heavy (non-hydrogen) atoms. The van der Waals surface area contributed by atoms with Crippen molar-refractivity contribution < 1.29 is 18.0 Å². The van der Waals surface area contributed by atoms with Crippen LogP contribution in [-0.4, -0.2) is 51.9 Å². The lowest BCUT2D eigenvalue weighted by Crippen LogP contribution is -2.35. The van der Waals surface area contributed by atoms with Gasteiger partial charge in [-0.3, -0.25) is 4.79 Å². The Morgan fingerprint density at radius 2 is 1.88 bits per heavy atom. The zero-order valence-electron chi connectivity index (χ0n) is 18.4. The predicted octanol–water partition coefficient (Wildman–Crippen LogP) is 4.95. The number of rotatable bonds is 3. The van der Waals surface area contributed by atoms with E-state index in [1.807, 2.05) is 23.6 Å². The van der Waals surface area contributed by atoms with Crippen molar-refractivity contribution in [3.63, 3.8) is 0 Å². The van der Waals surface area contributed by atoms with Crippen LogP contribution in [0, 0.1) is 13.8 Å². The van der Waals surface area contributed by atoms with Gasteiger partial charge in [0.15, 0.2) is 0 Å². The first-order valence-corrected chi connectivity index (χ1v) is 11.9. The highest BCUT2D eigenvalue weighted by Crippen LogP contribution is 2.40. The maximum absolute atomic E-state index is 13.4. The number of carbonyl (C=O) groups is 1. The summed E-state index contributed by atoms with van der Waals surface area (Å²) >= 11 is 1.43. The van der Waals surface area contributed by atoms with Crippen LogP contribution in [0.2, 0.25) is 0 Å². The average molecular weight is 476 g/mol. The van der Waals surface area contributed by atoms with Gasteiger partial charge in [0.1, 0.15) is 16.5 Å². The number of pyridine rings is 1. The van der Waals surface area contributed by atoms with Crippen LogP contribution >= 0.6 is 11.3 Å². The second-order valence-corrected chi connectivity index (χ2v) is 9.71. The Morgan fingerprint density at radius 1 is 1.09 bits per heavy atom. The summed E-state index contributed by atoms with van der Waals surface area (Å²) in [6.07, 6.45) is -0.581. The van der Waals surface area contributed by atoms with Crippen molar-refractivity contribution in [2.24, 2.45) is 0 Å². The highest BCUT2D eigenvalue weighted by molar-refractivity contribution is 7.20. The van der Waals surface area contributed by atoms with Crippen LogP contribution < -0.4 is 4.90 Å². The van der Waals surface area contributed by atoms with Gasteiger partial charge in [0.2, 0.25) is 0 Å². The van der Waals surface area contributed by atoms with Crippen molar-refractivity contribution in [1.82, 2.24) is 19.9 Å². The molecule has 2 aliphatic rings. The molecule has 5 rings (SSSR count). The van der Waals surface area contributed by atoms with Gasteiger partial charge in [-0.15, -0.1) is 11.3 Å². The van der Waals surface area contributed by atoms with Gasteiger partial charge in [-0.2, -0.15) is 13.2 Å². The molecule has 2 fully saturated rings. The largest absolute Gasteiger partial charge is 0.417 e. The third-order valence-electron chi connectivity index (χ3n) is 6.31. The lowest BCUT2D eigenvalue weighted by atomic mass is 10.1. The first kappa shape index (κ1) is 22.1. The summed E-state index contributed by atoms with van der Waals surface area (Å²) in [6, 6.07) is 2.45. The van der Waals surface area contributed by atoms with Crippen molar-refractivity contribution in [2.75, 3.05) is 31.1 Å². The molecule has 1 saturated carbocycles. The monoisotopic (exact) mass is 475 g/mol. The van der Waals surface area contributed by atoms with Gasteiger partial charge in [0.25, 0.3) is 5.91 Å². The Morgan fingerprint density at radius 3 is 2.55 bits per heavy atom. The molecular formula is C23H24F3N5OS. The van der Waals surface area contributed by atoms with E-state index in [9.17, 15) is 18.0 Å². The fraction of sp³-hybridized carbons (Fsp3) is 0.478. The van der Waals surface area contributed by atoms with E-state index < -0.39 is 11.7 Å². The van der Waals surface area contributed by atoms with Crippen LogP contribution in [0.3, 0.4) is 0 Å². The minimum Gasteiger partial charge on any atom is -0.355 e. The van der Waals surface area contributed by atoms with E-state index in [4.69, 9.17) is 4.98 Å². The molecule has 3 aromatic heterocycles. The summed E-state index contributed by atoms with van der Waals surface area (Å²) in [6.45, 7) is 6.14. The Bertz CT molecular complexity index is 1200. The van der Waals surface area contributed by atoms with Crippen molar-refractivity contribution in [3.8, 4) is 0 Å².